The molecule has 0 aliphatic carbocycles. The molecule has 1 atom stereocenters. The first-order valence-electron chi connectivity index (χ1n) is 12.6. The van der Waals surface area contributed by atoms with E-state index < -0.39 is 29.7 Å². The molecular weight excluding hydrogens is 479 g/mol. The number of hydrogen-bond acceptors (Lipinski definition) is 7. The second-order valence-electron chi connectivity index (χ2n) is 10.2. The molecule has 9 nitrogen and oxygen atoms in total. The van der Waals surface area contributed by atoms with Gasteiger partial charge in [0.15, 0.2) is 0 Å². The molecule has 0 radical (unpaired) electrons. The summed E-state index contributed by atoms with van der Waals surface area (Å²) in [5.41, 5.74) is 2.03. The van der Waals surface area contributed by atoms with Crippen molar-refractivity contribution in [3.63, 3.8) is 0 Å². The summed E-state index contributed by atoms with van der Waals surface area (Å²) in [7, 11) is 0. The van der Waals surface area contributed by atoms with Crippen LogP contribution < -0.4 is 10.6 Å². The summed E-state index contributed by atoms with van der Waals surface area (Å²) < 4.78 is 20.8. The fourth-order valence-electron chi connectivity index (χ4n) is 5.83. The molecule has 4 aliphatic rings. The summed E-state index contributed by atoms with van der Waals surface area (Å²) in [4.78, 5) is 53.2. The first-order chi connectivity index (χ1) is 17.8. The number of piperidine rings is 1. The second kappa shape index (κ2) is 9.04. The maximum Gasteiger partial charge on any atom is 0.264 e. The highest BCUT2D eigenvalue weighted by molar-refractivity contribution is 6.25. The SMILES string of the molecule is O=C1CCC(N2C(=O)c3cccc(NCc4ccc(CN5CC6(CCCO6)C5)cc4F)c3C2=O)C(=O)N1. The van der Waals surface area contributed by atoms with E-state index in [-0.39, 0.29) is 41.9 Å². The number of ether oxygens (including phenoxy) is 1. The van der Waals surface area contributed by atoms with Crippen molar-refractivity contribution in [3.05, 3.63) is 64.5 Å². The topological polar surface area (TPSA) is 108 Å². The number of carbonyl (C=O) groups is 4. The summed E-state index contributed by atoms with van der Waals surface area (Å²) >= 11 is 0. The highest BCUT2D eigenvalue weighted by atomic mass is 19.1. The van der Waals surface area contributed by atoms with Gasteiger partial charge in [-0.1, -0.05) is 18.2 Å². The largest absolute Gasteiger partial charge is 0.380 e. The van der Waals surface area contributed by atoms with Crippen LogP contribution in [0.25, 0.3) is 0 Å². The normalized spacial score (nSPS) is 22.8. The van der Waals surface area contributed by atoms with Crippen LogP contribution in [0.1, 0.15) is 57.5 Å². The van der Waals surface area contributed by atoms with Gasteiger partial charge in [-0.2, -0.15) is 0 Å². The molecule has 4 aliphatic heterocycles. The van der Waals surface area contributed by atoms with Crippen LogP contribution in [-0.2, 0) is 27.4 Å². The molecule has 10 heteroatoms. The van der Waals surface area contributed by atoms with E-state index in [0.717, 1.165) is 43.0 Å². The average Bonchev–Trinajstić information content (AvgIpc) is 3.43. The smallest absolute Gasteiger partial charge is 0.264 e. The number of halogens is 1. The number of nitrogens with zero attached hydrogens (tertiary/aromatic N) is 2. The van der Waals surface area contributed by atoms with Gasteiger partial charge in [0.25, 0.3) is 11.8 Å². The van der Waals surface area contributed by atoms with Crippen molar-refractivity contribution in [1.29, 1.82) is 0 Å². The minimum atomic E-state index is -1.04. The van der Waals surface area contributed by atoms with Gasteiger partial charge in [0.05, 0.1) is 16.7 Å². The van der Waals surface area contributed by atoms with Gasteiger partial charge >= 0.3 is 0 Å². The lowest BCUT2D eigenvalue weighted by Gasteiger charge is -2.47. The standard InChI is InChI=1S/C27H27FN4O5/c28-19-11-16(13-31-14-27(15-31)9-2-10-37-27)5-6-17(19)12-29-20-4-1-3-18-23(20)26(36)32(25(18)35)21-7-8-22(33)30-24(21)34/h1,3-6,11,21,29H,2,7-10,12-15H2,(H,30,33,34). The third kappa shape index (κ3) is 4.19. The van der Waals surface area contributed by atoms with Crippen molar-refractivity contribution in [2.75, 3.05) is 25.0 Å². The third-order valence-corrected chi connectivity index (χ3v) is 7.67. The second-order valence-corrected chi connectivity index (χ2v) is 10.2. The number of benzene rings is 2. The molecule has 2 aromatic rings. The molecule has 3 saturated heterocycles. The first-order valence-corrected chi connectivity index (χ1v) is 12.6. The predicted molar refractivity (Wildman–Crippen MR) is 130 cm³/mol. The minimum absolute atomic E-state index is 0.00492. The Morgan fingerprint density at radius 2 is 1.95 bits per heavy atom. The molecule has 1 unspecified atom stereocenters. The molecule has 4 heterocycles. The Morgan fingerprint density at radius 1 is 1.11 bits per heavy atom. The van der Waals surface area contributed by atoms with Crippen LogP contribution in [0.15, 0.2) is 36.4 Å². The summed E-state index contributed by atoms with van der Waals surface area (Å²) in [6.07, 6.45) is 2.33. The van der Waals surface area contributed by atoms with E-state index in [9.17, 15) is 23.6 Å². The fourth-order valence-corrected chi connectivity index (χ4v) is 5.83. The number of rotatable bonds is 6. The maximum atomic E-state index is 14.9. The Hall–Kier alpha value is -3.63. The molecular formula is C27H27FN4O5. The summed E-state index contributed by atoms with van der Waals surface area (Å²) in [6, 6.07) is 8.93. The first kappa shape index (κ1) is 23.7. The fraction of sp³-hybridized carbons (Fsp3) is 0.407. The van der Waals surface area contributed by atoms with Gasteiger partial charge in [0, 0.05) is 50.5 Å². The molecule has 0 saturated carbocycles. The number of imide groups is 2. The highest BCUT2D eigenvalue weighted by Gasteiger charge is 2.47. The van der Waals surface area contributed by atoms with E-state index in [2.05, 4.69) is 15.5 Å². The minimum Gasteiger partial charge on any atom is -0.380 e. The van der Waals surface area contributed by atoms with Crippen molar-refractivity contribution in [2.24, 2.45) is 0 Å². The van der Waals surface area contributed by atoms with Crippen LogP contribution in [0.3, 0.4) is 0 Å². The highest BCUT2D eigenvalue weighted by Crippen LogP contribution is 2.36. The number of likely N-dealkylation sites (tertiary alicyclic amines) is 1. The van der Waals surface area contributed by atoms with Gasteiger partial charge < -0.3 is 10.1 Å². The number of hydrogen-bond donors (Lipinski definition) is 2. The maximum absolute atomic E-state index is 14.9. The molecule has 37 heavy (non-hydrogen) atoms. The van der Waals surface area contributed by atoms with Crippen LogP contribution >= 0.6 is 0 Å². The molecule has 4 amide bonds. The van der Waals surface area contributed by atoms with Crippen LogP contribution in [0.4, 0.5) is 10.1 Å². The van der Waals surface area contributed by atoms with E-state index in [0.29, 0.717) is 17.8 Å². The van der Waals surface area contributed by atoms with Gasteiger partial charge in [0.1, 0.15) is 11.9 Å². The van der Waals surface area contributed by atoms with Crippen molar-refractivity contribution in [2.45, 2.75) is 50.4 Å². The number of carbonyl (C=O) groups excluding carboxylic acids is 4. The molecule has 3 fully saturated rings. The zero-order valence-electron chi connectivity index (χ0n) is 20.2. The van der Waals surface area contributed by atoms with E-state index >= 15 is 0 Å². The Morgan fingerprint density at radius 3 is 2.68 bits per heavy atom. The summed E-state index contributed by atoms with van der Waals surface area (Å²) in [6.45, 7) is 3.35. The Bertz CT molecular complexity index is 1310. The molecule has 0 aromatic heterocycles. The van der Waals surface area contributed by atoms with Gasteiger partial charge in [-0.25, -0.2) is 4.39 Å². The van der Waals surface area contributed by atoms with Gasteiger partial charge in [-0.05, 0) is 43.0 Å². The lowest BCUT2D eigenvalue weighted by Crippen LogP contribution is -2.60. The van der Waals surface area contributed by atoms with Crippen LogP contribution in [0, 0.1) is 5.82 Å². The molecule has 2 aromatic carbocycles. The van der Waals surface area contributed by atoms with Crippen molar-refractivity contribution in [1.82, 2.24) is 15.1 Å². The predicted octanol–water partition coefficient (Wildman–Crippen LogP) is 2.20. The van der Waals surface area contributed by atoms with E-state index in [1.807, 2.05) is 6.07 Å². The third-order valence-electron chi connectivity index (χ3n) is 7.67. The number of anilines is 1. The van der Waals surface area contributed by atoms with Crippen LogP contribution in [0.2, 0.25) is 0 Å². The molecule has 0 bridgehead atoms. The number of fused-ring (bicyclic) bond motifs is 1. The van der Waals surface area contributed by atoms with Crippen LogP contribution in [0.5, 0.6) is 0 Å². The molecule has 6 rings (SSSR count). The van der Waals surface area contributed by atoms with Gasteiger partial charge in [-0.3, -0.25) is 34.3 Å². The van der Waals surface area contributed by atoms with E-state index in [4.69, 9.17) is 4.74 Å². The zero-order valence-corrected chi connectivity index (χ0v) is 20.2. The summed E-state index contributed by atoms with van der Waals surface area (Å²) in [5, 5.41) is 5.28. The number of nitrogens with one attached hydrogen (secondary N) is 2. The van der Waals surface area contributed by atoms with E-state index in [1.54, 1.807) is 18.2 Å². The zero-order chi connectivity index (χ0) is 25.7. The van der Waals surface area contributed by atoms with Crippen molar-refractivity contribution in [3.8, 4) is 0 Å². The molecule has 1 spiro atoms. The van der Waals surface area contributed by atoms with Crippen molar-refractivity contribution >= 4 is 29.3 Å². The lowest BCUT2D eigenvalue weighted by molar-refractivity contribution is -0.136. The molecule has 192 valence electrons. The lowest BCUT2D eigenvalue weighted by atomic mass is 9.90. The number of amides is 4. The monoisotopic (exact) mass is 506 g/mol. The Kier molecular flexibility index (Phi) is 5.80. The van der Waals surface area contributed by atoms with Crippen molar-refractivity contribution < 1.29 is 28.3 Å². The van der Waals surface area contributed by atoms with Gasteiger partial charge in [-0.15, -0.1) is 0 Å². The van der Waals surface area contributed by atoms with Crippen LogP contribution in [-0.4, -0.2) is 64.8 Å². The quantitative estimate of drug-likeness (QED) is 0.579. The average molecular weight is 507 g/mol. The molecule has 2 N–H and O–H groups in total. The Balaban J connectivity index is 1.13. The Labute approximate surface area is 212 Å². The van der Waals surface area contributed by atoms with E-state index in [1.165, 1.54) is 12.1 Å². The summed E-state index contributed by atoms with van der Waals surface area (Å²) in [5.74, 6) is -2.62. The van der Waals surface area contributed by atoms with Gasteiger partial charge in [0.2, 0.25) is 11.8 Å².